The number of fused-ring (bicyclic) bond motifs is 2. The van der Waals surface area contributed by atoms with E-state index in [1.807, 2.05) is 73.7 Å². The van der Waals surface area contributed by atoms with Crippen LogP contribution >= 0.6 is 0 Å². The van der Waals surface area contributed by atoms with Crippen molar-refractivity contribution in [2.75, 3.05) is 25.1 Å². The van der Waals surface area contributed by atoms with Crippen LogP contribution in [0.5, 0.6) is 0 Å². The van der Waals surface area contributed by atoms with Crippen molar-refractivity contribution in [1.82, 2.24) is 15.2 Å². The lowest BCUT2D eigenvalue weighted by Crippen LogP contribution is -2.50. The van der Waals surface area contributed by atoms with Crippen LogP contribution in [0.15, 0.2) is 83.7 Å². The molecular weight excluding hydrogens is 506 g/mol. The van der Waals surface area contributed by atoms with Crippen molar-refractivity contribution in [3.63, 3.8) is 0 Å². The summed E-state index contributed by atoms with van der Waals surface area (Å²) in [6.45, 7) is 2.99. The molecule has 2 atom stereocenters. The zero-order chi connectivity index (χ0) is 27.7. The van der Waals surface area contributed by atoms with E-state index in [0.717, 1.165) is 16.7 Å². The smallest absolute Gasteiger partial charge is 0.256 e. The number of aliphatic imine (C=N–C) groups is 1. The van der Waals surface area contributed by atoms with E-state index in [0.29, 0.717) is 56.2 Å². The van der Waals surface area contributed by atoms with Gasteiger partial charge in [0.15, 0.2) is 0 Å². The molecule has 1 aromatic heterocycles. The number of carbonyl (C=O) groups is 2. The van der Waals surface area contributed by atoms with Crippen LogP contribution in [0.2, 0.25) is 0 Å². The second-order valence-corrected chi connectivity index (χ2v) is 10.8. The number of aromatic nitrogens is 1. The van der Waals surface area contributed by atoms with Gasteiger partial charge in [-0.15, -0.1) is 0 Å². The zero-order valence-corrected chi connectivity index (χ0v) is 22.5. The molecule has 1 unspecified atom stereocenters. The van der Waals surface area contributed by atoms with E-state index in [9.17, 15) is 14.7 Å². The van der Waals surface area contributed by atoms with E-state index in [4.69, 9.17) is 9.73 Å². The molecule has 0 saturated carbocycles. The van der Waals surface area contributed by atoms with E-state index in [1.165, 1.54) is 0 Å². The number of nitrogens with zero attached hydrogens (tertiary/aromatic N) is 3. The maximum atomic E-state index is 13.8. The number of ether oxygens (including phenoxy) is 1. The first-order valence-electron chi connectivity index (χ1n) is 13.7. The Labute approximate surface area is 233 Å². The van der Waals surface area contributed by atoms with E-state index in [1.54, 1.807) is 11.1 Å². The molecule has 4 heterocycles. The molecular formula is C31H33N5O4. The highest BCUT2D eigenvalue weighted by Gasteiger charge is 2.50. The maximum absolute atomic E-state index is 13.8. The lowest BCUT2D eigenvalue weighted by atomic mass is 9.76. The number of rotatable bonds is 5. The number of hydrogen-bond donors (Lipinski definition) is 3. The number of aliphatic hydroxyl groups excluding tert-OH is 1. The third-order valence-corrected chi connectivity index (χ3v) is 8.25. The van der Waals surface area contributed by atoms with Gasteiger partial charge in [-0.2, -0.15) is 0 Å². The third-order valence-electron chi connectivity index (χ3n) is 8.25. The van der Waals surface area contributed by atoms with E-state index >= 15 is 0 Å². The predicted octanol–water partition coefficient (Wildman–Crippen LogP) is 3.12. The monoisotopic (exact) mass is 539 g/mol. The lowest BCUT2D eigenvalue weighted by Gasteiger charge is -2.30. The Kier molecular flexibility index (Phi) is 6.85. The van der Waals surface area contributed by atoms with Crippen molar-refractivity contribution in [2.24, 2.45) is 4.99 Å². The van der Waals surface area contributed by atoms with Crippen LogP contribution in [0.25, 0.3) is 0 Å². The lowest BCUT2D eigenvalue weighted by molar-refractivity contribution is -0.135. The minimum atomic E-state index is -1.05. The Morgan fingerprint density at radius 3 is 2.75 bits per heavy atom. The molecule has 3 N–H and O–H groups in total. The van der Waals surface area contributed by atoms with Gasteiger partial charge in [0.25, 0.3) is 5.91 Å². The van der Waals surface area contributed by atoms with Crippen LogP contribution in [0, 0.1) is 6.92 Å². The van der Waals surface area contributed by atoms with Gasteiger partial charge in [0, 0.05) is 49.1 Å². The quantitative estimate of drug-likeness (QED) is 0.503. The Morgan fingerprint density at radius 1 is 1.12 bits per heavy atom. The van der Waals surface area contributed by atoms with Gasteiger partial charge in [-0.1, -0.05) is 48.6 Å². The number of nitrogens with one attached hydrogen (secondary N) is 2. The van der Waals surface area contributed by atoms with Crippen LogP contribution in [-0.4, -0.2) is 64.2 Å². The fourth-order valence-electron chi connectivity index (χ4n) is 6.01. The maximum Gasteiger partial charge on any atom is 0.256 e. The number of amides is 2. The largest absolute Gasteiger partial charge is 0.381 e. The summed E-state index contributed by atoms with van der Waals surface area (Å²) >= 11 is 0. The summed E-state index contributed by atoms with van der Waals surface area (Å²) < 4.78 is 5.53. The van der Waals surface area contributed by atoms with Gasteiger partial charge in [-0.25, -0.2) is 4.98 Å². The summed E-state index contributed by atoms with van der Waals surface area (Å²) in [5, 5.41) is 17.2. The van der Waals surface area contributed by atoms with Crippen molar-refractivity contribution < 1.29 is 19.4 Å². The fourth-order valence-corrected chi connectivity index (χ4v) is 6.01. The van der Waals surface area contributed by atoms with Crippen molar-refractivity contribution in [2.45, 2.75) is 49.8 Å². The number of benzene rings is 1. The van der Waals surface area contributed by atoms with Crippen LogP contribution in [0.1, 0.15) is 42.4 Å². The van der Waals surface area contributed by atoms with E-state index < -0.39 is 17.2 Å². The second kappa shape index (κ2) is 10.5. The third kappa shape index (κ3) is 4.55. The number of aliphatic hydroxyl groups is 1. The Morgan fingerprint density at radius 2 is 1.93 bits per heavy atom. The fraction of sp³-hybridized carbons (Fsp3) is 0.355. The molecule has 6 rings (SSSR count). The first kappa shape index (κ1) is 26.2. The number of pyridine rings is 1. The van der Waals surface area contributed by atoms with Crippen LogP contribution in [-0.2, 0) is 19.7 Å². The normalized spacial score (nSPS) is 27.1. The first-order chi connectivity index (χ1) is 19.4. The highest BCUT2D eigenvalue weighted by atomic mass is 16.5. The highest BCUT2D eigenvalue weighted by Crippen LogP contribution is 2.42. The zero-order valence-electron chi connectivity index (χ0n) is 22.5. The van der Waals surface area contributed by atoms with Gasteiger partial charge < -0.3 is 20.5 Å². The second-order valence-electron chi connectivity index (χ2n) is 10.8. The molecule has 0 bridgehead atoms. The summed E-state index contributed by atoms with van der Waals surface area (Å²) in [6, 6.07) is 11.6. The van der Waals surface area contributed by atoms with Crippen molar-refractivity contribution in [3.05, 3.63) is 95.4 Å². The average molecular weight is 540 g/mol. The molecule has 2 amide bonds. The molecule has 1 aliphatic carbocycles. The number of β-amino-alcohol motifs (C(OH)–C–C–N with tert-alkyl or cyclic N) is 1. The topological polar surface area (TPSA) is 116 Å². The van der Waals surface area contributed by atoms with Gasteiger partial charge in [0.05, 0.1) is 12.0 Å². The number of anilines is 1. The molecule has 4 aliphatic rings. The van der Waals surface area contributed by atoms with Gasteiger partial charge in [-0.05, 0) is 43.5 Å². The summed E-state index contributed by atoms with van der Waals surface area (Å²) in [4.78, 5) is 37.7. The molecule has 1 aromatic carbocycles. The number of allylic oxidation sites excluding steroid dienone is 5. The summed E-state index contributed by atoms with van der Waals surface area (Å²) in [6.07, 6.45) is 12.2. The van der Waals surface area contributed by atoms with Gasteiger partial charge in [0.2, 0.25) is 5.91 Å². The molecule has 40 heavy (non-hydrogen) atoms. The number of hydrogen-bond acceptors (Lipinski definition) is 7. The number of aryl methyl sites for hydroxylation is 1. The molecule has 9 nitrogen and oxygen atoms in total. The van der Waals surface area contributed by atoms with Crippen LogP contribution in [0.3, 0.4) is 0 Å². The Balaban J connectivity index is 1.20. The molecule has 2 aromatic rings. The molecule has 3 aliphatic heterocycles. The average Bonchev–Trinajstić information content (AvgIpc) is 3.41. The van der Waals surface area contributed by atoms with E-state index in [2.05, 4.69) is 15.6 Å². The van der Waals surface area contributed by atoms with Gasteiger partial charge in [0.1, 0.15) is 23.4 Å². The minimum absolute atomic E-state index is 0.0366. The van der Waals surface area contributed by atoms with Crippen LogP contribution in [0.4, 0.5) is 5.82 Å². The van der Waals surface area contributed by atoms with Crippen LogP contribution < -0.4 is 10.6 Å². The summed E-state index contributed by atoms with van der Waals surface area (Å²) in [7, 11) is 0. The van der Waals surface area contributed by atoms with Crippen molar-refractivity contribution in [3.8, 4) is 0 Å². The molecule has 0 radical (unpaired) electrons. The molecule has 1 fully saturated rings. The van der Waals surface area contributed by atoms with Crippen molar-refractivity contribution >= 4 is 23.5 Å². The molecule has 9 heteroatoms. The molecule has 206 valence electrons. The highest BCUT2D eigenvalue weighted by molar-refractivity contribution is 6.16. The van der Waals surface area contributed by atoms with Crippen molar-refractivity contribution in [1.29, 1.82) is 0 Å². The summed E-state index contributed by atoms with van der Waals surface area (Å²) in [5.41, 5.74) is 1.88. The predicted molar refractivity (Wildman–Crippen MR) is 151 cm³/mol. The SMILES string of the molecule is Cc1ccccc1C1=NC2(CCOCC2)C(=O)N1CC(O)NC1=C/C=C/C[C@]2(C\C=C\1)C(=O)Nc1ncccc12. The summed E-state index contributed by atoms with van der Waals surface area (Å²) in [5.74, 6) is 1.03. The van der Waals surface area contributed by atoms with E-state index in [-0.39, 0.29) is 18.4 Å². The number of carbonyl (C=O) groups excluding carboxylic acids is 2. The Bertz CT molecular complexity index is 1460. The standard InChI is InChI=1S/C31H33N5O4/c1-21-8-2-3-11-23(21)27-35-31(15-18-40-19-16-31)29(39)36(27)20-25(37)33-22-9-4-5-13-30(14-6-10-22)24-12-7-17-32-26(24)34-28(30)38/h2-12,17,25,33,37H,13-16,18-20H2,1H3,(H,32,34,38)/b5-4+,10-6+,22-9+/t25?,30-/m1/s1. The minimum Gasteiger partial charge on any atom is -0.381 e. The number of amidine groups is 1. The molecule has 1 saturated heterocycles. The van der Waals surface area contributed by atoms with Gasteiger partial charge >= 0.3 is 0 Å². The first-order valence-corrected chi connectivity index (χ1v) is 13.7. The van der Waals surface area contributed by atoms with Gasteiger partial charge in [-0.3, -0.25) is 19.5 Å². The Hall–Kier alpha value is -4.08. The molecule has 2 spiro atoms.